The van der Waals surface area contributed by atoms with Crippen molar-refractivity contribution in [3.63, 3.8) is 0 Å². The number of hydrogen-bond donors (Lipinski definition) is 3. The molecule has 4 N–H and O–H groups in total. The Labute approximate surface area is 110 Å². The number of benzene rings is 1. The number of sulfonamides is 1. The largest absolute Gasteiger partial charge is 0.398 e. The molecular formula is C11H15FN2O4S. The fourth-order valence-electron chi connectivity index (χ4n) is 1.81. The molecule has 106 valence electrons. The van der Waals surface area contributed by atoms with E-state index in [-0.39, 0.29) is 23.7 Å². The van der Waals surface area contributed by atoms with Gasteiger partial charge in [-0.2, -0.15) is 0 Å². The van der Waals surface area contributed by atoms with Gasteiger partial charge >= 0.3 is 0 Å². The Morgan fingerprint density at radius 2 is 2.26 bits per heavy atom. The van der Waals surface area contributed by atoms with E-state index in [1.165, 1.54) is 0 Å². The predicted octanol–water partition coefficient (Wildman–Crippen LogP) is -0.162. The average Bonchev–Trinajstić information content (AvgIpc) is 2.74. The first-order valence-corrected chi connectivity index (χ1v) is 7.16. The van der Waals surface area contributed by atoms with E-state index in [0.717, 1.165) is 18.2 Å². The molecule has 0 amide bonds. The summed E-state index contributed by atoms with van der Waals surface area (Å²) in [5.41, 5.74) is 4.09. The maximum atomic E-state index is 12.9. The maximum Gasteiger partial charge on any atom is 0.242 e. The van der Waals surface area contributed by atoms with Crippen molar-refractivity contribution in [1.82, 2.24) is 4.72 Å². The first-order valence-electron chi connectivity index (χ1n) is 5.67. The molecule has 6 nitrogen and oxygen atoms in total. The van der Waals surface area contributed by atoms with Crippen LogP contribution in [0.3, 0.4) is 0 Å². The van der Waals surface area contributed by atoms with Crippen molar-refractivity contribution < 1.29 is 22.7 Å². The van der Waals surface area contributed by atoms with E-state index in [9.17, 15) is 17.9 Å². The van der Waals surface area contributed by atoms with Crippen LogP contribution in [0.5, 0.6) is 0 Å². The second-order valence-electron chi connectivity index (χ2n) is 4.53. The highest BCUT2D eigenvalue weighted by Crippen LogP contribution is 2.21. The summed E-state index contributed by atoms with van der Waals surface area (Å²) in [6.45, 7) is 0.289. The molecule has 1 aliphatic heterocycles. The Morgan fingerprint density at radius 1 is 1.53 bits per heavy atom. The van der Waals surface area contributed by atoms with E-state index in [1.54, 1.807) is 0 Å². The number of anilines is 1. The van der Waals surface area contributed by atoms with Crippen LogP contribution in [0.25, 0.3) is 0 Å². The Hall–Kier alpha value is -1.22. The summed E-state index contributed by atoms with van der Waals surface area (Å²) >= 11 is 0. The van der Waals surface area contributed by atoms with E-state index < -0.39 is 21.4 Å². The number of hydrogen-bond acceptors (Lipinski definition) is 5. The van der Waals surface area contributed by atoms with Gasteiger partial charge in [-0.3, -0.25) is 0 Å². The molecule has 0 saturated carbocycles. The van der Waals surface area contributed by atoms with Crippen LogP contribution in [0.4, 0.5) is 10.1 Å². The Bertz CT molecular complexity index is 570. The Balaban J connectivity index is 2.14. The quantitative estimate of drug-likeness (QED) is 0.669. The van der Waals surface area contributed by atoms with Crippen molar-refractivity contribution in [2.24, 2.45) is 0 Å². The summed E-state index contributed by atoms with van der Waals surface area (Å²) in [7, 11) is -3.89. The lowest BCUT2D eigenvalue weighted by Crippen LogP contribution is -2.43. The van der Waals surface area contributed by atoms with Crippen LogP contribution in [-0.2, 0) is 14.8 Å². The van der Waals surface area contributed by atoms with Crippen molar-refractivity contribution in [2.75, 3.05) is 25.5 Å². The van der Waals surface area contributed by atoms with Crippen molar-refractivity contribution in [3.8, 4) is 0 Å². The monoisotopic (exact) mass is 290 g/mol. The van der Waals surface area contributed by atoms with Crippen molar-refractivity contribution in [3.05, 3.63) is 24.0 Å². The van der Waals surface area contributed by atoms with Gasteiger partial charge in [-0.05, 0) is 18.2 Å². The normalized spacial score (nSPS) is 23.7. The predicted molar refractivity (Wildman–Crippen MR) is 66.4 cm³/mol. The van der Waals surface area contributed by atoms with Crippen LogP contribution in [0.2, 0.25) is 0 Å². The maximum absolute atomic E-state index is 12.9. The zero-order valence-electron chi connectivity index (χ0n) is 10.1. The van der Waals surface area contributed by atoms with Crippen LogP contribution >= 0.6 is 0 Å². The number of ether oxygens (including phenoxy) is 1. The van der Waals surface area contributed by atoms with E-state index in [4.69, 9.17) is 10.5 Å². The van der Waals surface area contributed by atoms with E-state index in [2.05, 4.69) is 4.72 Å². The lowest BCUT2D eigenvalue weighted by atomic mass is 10.1. The third kappa shape index (κ3) is 3.21. The van der Waals surface area contributed by atoms with E-state index in [1.807, 2.05) is 0 Å². The third-order valence-corrected chi connectivity index (χ3v) is 4.41. The van der Waals surface area contributed by atoms with E-state index >= 15 is 0 Å². The molecule has 0 bridgehead atoms. The fourth-order valence-corrected chi connectivity index (χ4v) is 3.04. The molecular weight excluding hydrogens is 275 g/mol. The van der Waals surface area contributed by atoms with Crippen molar-refractivity contribution >= 4 is 15.7 Å². The standard InChI is InChI=1S/C11H15FN2O4S/c12-8-1-2-10(9(13)5-8)19(16,17)14-6-11(15)3-4-18-7-11/h1-2,5,14-15H,3-4,6-7,13H2. The molecule has 1 aromatic rings. The number of nitrogens with one attached hydrogen (secondary N) is 1. The lowest BCUT2D eigenvalue weighted by Gasteiger charge is -2.20. The molecule has 1 aromatic carbocycles. The summed E-state index contributed by atoms with van der Waals surface area (Å²) in [6.07, 6.45) is 0.356. The highest BCUT2D eigenvalue weighted by molar-refractivity contribution is 7.89. The molecule has 1 heterocycles. The van der Waals surface area contributed by atoms with Gasteiger partial charge in [0.25, 0.3) is 0 Å². The summed E-state index contributed by atoms with van der Waals surface area (Å²) in [6, 6.07) is 3.03. The van der Waals surface area contributed by atoms with Crippen molar-refractivity contribution in [2.45, 2.75) is 16.9 Å². The number of nitrogen functional groups attached to an aromatic ring is 1. The average molecular weight is 290 g/mol. The first kappa shape index (κ1) is 14.2. The molecule has 1 fully saturated rings. The van der Waals surface area contributed by atoms with Gasteiger partial charge in [0.05, 0.1) is 12.3 Å². The molecule has 1 saturated heterocycles. The van der Waals surface area contributed by atoms with Crippen LogP contribution in [0.15, 0.2) is 23.1 Å². The summed E-state index contributed by atoms with van der Waals surface area (Å²) in [5, 5.41) is 9.97. The van der Waals surface area contributed by atoms with Gasteiger partial charge in [-0.25, -0.2) is 17.5 Å². The van der Waals surface area contributed by atoms with Crippen LogP contribution in [0.1, 0.15) is 6.42 Å². The molecule has 0 radical (unpaired) electrons. The fraction of sp³-hybridized carbons (Fsp3) is 0.455. The number of nitrogens with two attached hydrogens (primary N) is 1. The summed E-state index contributed by atoms with van der Waals surface area (Å²) in [5.74, 6) is -0.612. The summed E-state index contributed by atoms with van der Waals surface area (Å²) in [4.78, 5) is -0.212. The van der Waals surface area contributed by atoms with Crippen LogP contribution in [0, 0.1) is 5.82 Å². The Morgan fingerprint density at radius 3 is 2.84 bits per heavy atom. The molecule has 1 aliphatic rings. The van der Waals surface area contributed by atoms with Gasteiger partial charge in [0.15, 0.2) is 0 Å². The molecule has 1 unspecified atom stereocenters. The van der Waals surface area contributed by atoms with Crippen LogP contribution < -0.4 is 10.5 Å². The van der Waals surface area contributed by atoms with Crippen LogP contribution in [-0.4, -0.2) is 38.9 Å². The number of rotatable bonds is 4. The number of aliphatic hydroxyl groups is 1. The molecule has 2 rings (SSSR count). The van der Waals surface area contributed by atoms with E-state index in [0.29, 0.717) is 13.0 Å². The SMILES string of the molecule is Nc1cc(F)ccc1S(=O)(=O)NCC1(O)CCOC1. The highest BCUT2D eigenvalue weighted by atomic mass is 32.2. The topological polar surface area (TPSA) is 102 Å². The van der Waals surface area contributed by atoms with Gasteiger partial charge in [0.1, 0.15) is 16.3 Å². The first-order chi connectivity index (χ1) is 8.82. The minimum atomic E-state index is -3.89. The minimum Gasteiger partial charge on any atom is -0.398 e. The highest BCUT2D eigenvalue weighted by Gasteiger charge is 2.34. The Kier molecular flexibility index (Phi) is 3.77. The molecule has 0 aromatic heterocycles. The molecule has 19 heavy (non-hydrogen) atoms. The second kappa shape index (κ2) is 5.04. The van der Waals surface area contributed by atoms with Gasteiger partial charge in [-0.1, -0.05) is 0 Å². The third-order valence-electron chi connectivity index (χ3n) is 2.94. The lowest BCUT2D eigenvalue weighted by molar-refractivity contribution is 0.0314. The zero-order chi connectivity index (χ0) is 14.1. The smallest absolute Gasteiger partial charge is 0.242 e. The molecule has 8 heteroatoms. The van der Waals surface area contributed by atoms with Gasteiger partial charge in [0.2, 0.25) is 10.0 Å². The summed E-state index contributed by atoms with van der Waals surface area (Å²) < 4.78 is 44.1. The molecule has 0 aliphatic carbocycles. The number of halogens is 1. The van der Waals surface area contributed by atoms with Crippen molar-refractivity contribution in [1.29, 1.82) is 0 Å². The molecule has 1 atom stereocenters. The second-order valence-corrected chi connectivity index (χ2v) is 6.27. The zero-order valence-corrected chi connectivity index (χ0v) is 10.9. The van der Waals surface area contributed by atoms with Gasteiger partial charge in [0, 0.05) is 19.6 Å². The van der Waals surface area contributed by atoms with Gasteiger partial charge < -0.3 is 15.6 Å². The van der Waals surface area contributed by atoms with Gasteiger partial charge in [-0.15, -0.1) is 0 Å². The minimum absolute atomic E-state index is 0.0778. The molecule has 0 spiro atoms.